The molecule has 0 saturated carbocycles. The van der Waals surface area contributed by atoms with Gasteiger partial charge in [-0.1, -0.05) is 30.3 Å². The van der Waals surface area contributed by atoms with Crippen molar-refractivity contribution >= 4 is 28.2 Å². The summed E-state index contributed by atoms with van der Waals surface area (Å²) in [6.45, 7) is 1.94. The number of benzene rings is 1. The maximum Gasteiger partial charge on any atom is 0.294 e. The minimum absolute atomic E-state index is 0.152. The number of hydrogen-bond donors (Lipinski definition) is 2. The normalized spacial score (nSPS) is 10.7. The van der Waals surface area contributed by atoms with Gasteiger partial charge in [0.15, 0.2) is 0 Å². The number of hydrogen-bond acceptors (Lipinski definition) is 5. The predicted molar refractivity (Wildman–Crippen MR) is 80.0 cm³/mol. The van der Waals surface area contributed by atoms with Crippen LogP contribution in [0.4, 0.5) is 11.4 Å². The van der Waals surface area contributed by atoms with Gasteiger partial charge in [-0.3, -0.25) is 9.78 Å². The van der Waals surface area contributed by atoms with Crippen LogP contribution in [-0.4, -0.2) is 16.0 Å². The van der Waals surface area contributed by atoms with Crippen LogP contribution < -0.4 is 11.1 Å². The Labute approximate surface area is 121 Å². The van der Waals surface area contributed by atoms with Gasteiger partial charge in [0.25, 0.3) is 5.91 Å². The van der Waals surface area contributed by atoms with Crippen molar-refractivity contribution in [2.24, 2.45) is 0 Å². The Hall–Kier alpha value is -2.89. The van der Waals surface area contributed by atoms with E-state index in [4.69, 9.17) is 10.3 Å². The Kier molecular flexibility index (Phi) is 3.27. The molecule has 3 aromatic rings. The first-order chi connectivity index (χ1) is 10.2. The number of fused-ring (bicyclic) bond motifs is 1. The molecule has 106 valence electrons. The molecule has 2 heterocycles. The topological polar surface area (TPSA) is 94.0 Å². The van der Waals surface area contributed by atoms with Crippen molar-refractivity contribution in [3.63, 3.8) is 0 Å². The number of carbonyl (C=O) groups excluding carboxylic acids is 1. The minimum atomic E-state index is -0.397. The van der Waals surface area contributed by atoms with E-state index in [0.29, 0.717) is 17.8 Å². The Bertz CT molecular complexity index is 810. The lowest BCUT2D eigenvalue weighted by atomic mass is 10.1. The zero-order chi connectivity index (χ0) is 14.8. The molecule has 0 unspecified atom stereocenters. The Morgan fingerprint density at radius 1 is 1.38 bits per heavy atom. The lowest BCUT2D eigenvalue weighted by molar-refractivity contribution is 0.0988. The second kappa shape index (κ2) is 5.24. The number of nitrogens with one attached hydrogen (secondary N) is 1. The summed E-state index contributed by atoms with van der Waals surface area (Å²) in [5.74, 6) is -0.245. The van der Waals surface area contributed by atoms with Gasteiger partial charge in [-0.25, -0.2) is 0 Å². The molecule has 6 heteroatoms. The van der Waals surface area contributed by atoms with Crippen LogP contribution in [0.1, 0.15) is 23.2 Å². The first-order valence-corrected chi connectivity index (χ1v) is 6.59. The summed E-state index contributed by atoms with van der Waals surface area (Å²) in [6, 6.07) is 9.09. The number of para-hydroxylation sites is 1. The fourth-order valence-electron chi connectivity index (χ4n) is 2.03. The van der Waals surface area contributed by atoms with E-state index in [-0.39, 0.29) is 5.76 Å². The third-order valence-corrected chi connectivity index (χ3v) is 3.21. The van der Waals surface area contributed by atoms with Crippen LogP contribution in [0.3, 0.4) is 0 Å². The molecule has 3 N–H and O–H groups in total. The molecule has 0 spiro atoms. The zero-order valence-electron chi connectivity index (χ0n) is 11.5. The van der Waals surface area contributed by atoms with Gasteiger partial charge in [-0.2, -0.15) is 0 Å². The highest BCUT2D eigenvalue weighted by Crippen LogP contribution is 2.26. The summed E-state index contributed by atoms with van der Waals surface area (Å²) in [5, 5.41) is 7.28. The molecule has 3 rings (SSSR count). The molecule has 0 saturated heterocycles. The van der Waals surface area contributed by atoms with E-state index in [1.54, 1.807) is 6.07 Å². The average molecular weight is 282 g/mol. The number of rotatable bonds is 3. The van der Waals surface area contributed by atoms with Gasteiger partial charge in [0.05, 0.1) is 28.8 Å². The van der Waals surface area contributed by atoms with E-state index >= 15 is 0 Å². The summed E-state index contributed by atoms with van der Waals surface area (Å²) >= 11 is 0. The van der Waals surface area contributed by atoms with Gasteiger partial charge >= 0.3 is 0 Å². The lowest BCUT2D eigenvalue weighted by Gasteiger charge is -2.08. The van der Waals surface area contributed by atoms with Gasteiger partial charge < -0.3 is 15.6 Å². The molecular formula is C15H14N4O2. The third kappa shape index (κ3) is 2.43. The largest absolute Gasteiger partial charge is 0.396 e. The van der Waals surface area contributed by atoms with Crippen LogP contribution in [-0.2, 0) is 6.42 Å². The number of nitrogens with zero attached hydrogens (tertiary/aromatic N) is 2. The maximum atomic E-state index is 12.1. The monoisotopic (exact) mass is 282 g/mol. The molecule has 6 nitrogen and oxygen atoms in total. The van der Waals surface area contributed by atoms with Crippen molar-refractivity contribution in [2.45, 2.75) is 13.3 Å². The van der Waals surface area contributed by atoms with Crippen molar-refractivity contribution < 1.29 is 9.32 Å². The number of amides is 1. The molecule has 0 bridgehead atoms. The minimum Gasteiger partial charge on any atom is -0.396 e. The zero-order valence-corrected chi connectivity index (χ0v) is 11.5. The molecule has 0 aliphatic rings. The molecule has 0 fully saturated rings. The van der Waals surface area contributed by atoms with E-state index in [0.717, 1.165) is 16.6 Å². The second-order valence-corrected chi connectivity index (χ2v) is 4.59. The number of pyridine rings is 1. The molecule has 2 aromatic heterocycles. The smallest absolute Gasteiger partial charge is 0.294 e. The molecule has 1 amide bonds. The molecule has 0 aliphatic carbocycles. The number of nitrogens with two attached hydrogens (primary N) is 1. The number of carbonyl (C=O) groups is 1. The molecular weight excluding hydrogens is 268 g/mol. The highest BCUT2D eigenvalue weighted by Gasteiger charge is 2.15. The van der Waals surface area contributed by atoms with Gasteiger partial charge in [-0.15, -0.1) is 0 Å². The van der Waals surface area contributed by atoms with E-state index in [1.807, 2.05) is 31.2 Å². The molecule has 0 radical (unpaired) electrons. The molecule has 0 aliphatic heterocycles. The molecule has 0 atom stereocenters. The fourth-order valence-corrected chi connectivity index (χ4v) is 2.03. The van der Waals surface area contributed by atoms with Crippen molar-refractivity contribution in [3.8, 4) is 0 Å². The lowest BCUT2D eigenvalue weighted by Crippen LogP contribution is -2.13. The second-order valence-electron chi connectivity index (χ2n) is 4.59. The number of anilines is 2. The van der Waals surface area contributed by atoms with Crippen molar-refractivity contribution in [1.82, 2.24) is 10.1 Å². The van der Waals surface area contributed by atoms with E-state index in [1.165, 1.54) is 6.20 Å². The van der Waals surface area contributed by atoms with Crippen molar-refractivity contribution in [3.05, 3.63) is 48.0 Å². The number of aromatic nitrogens is 2. The molecule has 1 aromatic carbocycles. The van der Waals surface area contributed by atoms with Crippen molar-refractivity contribution in [1.29, 1.82) is 0 Å². The van der Waals surface area contributed by atoms with Crippen LogP contribution in [0.5, 0.6) is 0 Å². The fraction of sp³-hybridized carbons (Fsp3) is 0.133. The predicted octanol–water partition coefficient (Wildman–Crippen LogP) is 2.62. The van der Waals surface area contributed by atoms with Gasteiger partial charge in [0, 0.05) is 11.5 Å². The first kappa shape index (κ1) is 13.1. The highest BCUT2D eigenvalue weighted by atomic mass is 16.5. The van der Waals surface area contributed by atoms with Crippen LogP contribution in [0.15, 0.2) is 41.1 Å². The Balaban J connectivity index is 1.91. The third-order valence-electron chi connectivity index (χ3n) is 3.21. The number of aryl methyl sites for hydroxylation is 1. The van der Waals surface area contributed by atoms with E-state index in [9.17, 15) is 4.79 Å². The Morgan fingerprint density at radius 3 is 2.95 bits per heavy atom. The highest BCUT2D eigenvalue weighted by molar-refractivity contribution is 6.07. The van der Waals surface area contributed by atoms with Crippen molar-refractivity contribution in [2.75, 3.05) is 11.1 Å². The summed E-state index contributed by atoms with van der Waals surface area (Å²) in [6.07, 6.45) is 2.24. The standard InChI is InChI=1S/C15H14N4O2/c1-2-9-7-13(21-19-9)15(20)18-12-8-17-11-6-4-3-5-10(11)14(12)16/h3-8H,2H2,1H3,(H2,16,17)(H,18,20). The first-order valence-electron chi connectivity index (χ1n) is 6.59. The maximum absolute atomic E-state index is 12.1. The summed E-state index contributed by atoms with van der Waals surface area (Å²) in [5.41, 5.74) is 8.51. The van der Waals surface area contributed by atoms with E-state index < -0.39 is 5.91 Å². The quantitative estimate of drug-likeness (QED) is 0.770. The molecule has 21 heavy (non-hydrogen) atoms. The van der Waals surface area contributed by atoms with E-state index in [2.05, 4.69) is 15.5 Å². The van der Waals surface area contributed by atoms with Gasteiger partial charge in [-0.05, 0) is 12.5 Å². The number of nitrogen functional groups attached to an aromatic ring is 1. The van der Waals surface area contributed by atoms with Crippen LogP contribution in [0.25, 0.3) is 10.9 Å². The summed E-state index contributed by atoms with van der Waals surface area (Å²) < 4.78 is 4.99. The van der Waals surface area contributed by atoms with Crippen LogP contribution >= 0.6 is 0 Å². The van der Waals surface area contributed by atoms with Gasteiger partial charge in [0.2, 0.25) is 5.76 Å². The van der Waals surface area contributed by atoms with Crippen LogP contribution in [0, 0.1) is 0 Å². The van der Waals surface area contributed by atoms with Gasteiger partial charge in [0.1, 0.15) is 0 Å². The van der Waals surface area contributed by atoms with Crippen LogP contribution in [0.2, 0.25) is 0 Å². The SMILES string of the molecule is CCc1cc(C(=O)Nc2cnc3ccccc3c2N)on1. The summed E-state index contributed by atoms with van der Waals surface area (Å²) in [4.78, 5) is 16.4. The average Bonchev–Trinajstić information content (AvgIpc) is 2.99. The summed E-state index contributed by atoms with van der Waals surface area (Å²) in [7, 11) is 0. The Morgan fingerprint density at radius 2 is 2.19 bits per heavy atom.